The number of ketones is 1. The SMILES string of the molecule is Cc1cc2c(s1)NC(=O)CC2=O. The fourth-order valence-corrected chi connectivity index (χ4v) is 2.17. The van der Waals surface area contributed by atoms with Crippen molar-refractivity contribution < 1.29 is 9.59 Å². The van der Waals surface area contributed by atoms with Gasteiger partial charge < -0.3 is 5.32 Å². The predicted octanol–water partition coefficient (Wildman–Crippen LogP) is 1.58. The number of carbonyl (C=O) groups excluding carboxylic acids is 2. The zero-order valence-electron chi connectivity index (χ0n) is 6.51. The van der Waals surface area contributed by atoms with Gasteiger partial charge in [0.2, 0.25) is 5.91 Å². The first-order valence-corrected chi connectivity index (χ1v) is 4.42. The van der Waals surface area contributed by atoms with E-state index in [2.05, 4.69) is 5.32 Å². The van der Waals surface area contributed by atoms with E-state index in [1.165, 1.54) is 11.3 Å². The number of fused-ring (bicyclic) bond motifs is 1. The van der Waals surface area contributed by atoms with E-state index in [4.69, 9.17) is 0 Å². The van der Waals surface area contributed by atoms with Crippen LogP contribution >= 0.6 is 11.3 Å². The number of carbonyl (C=O) groups is 2. The highest BCUT2D eigenvalue weighted by Crippen LogP contribution is 2.31. The van der Waals surface area contributed by atoms with Crippen molar-refractivity contribution in [1.29, 1.82) is 0 Å². The van der Waals surface area contributed by atoms with Crippen LogP contribution in [0.2, 0.25) is 0 Å². The average Bonchev–Trinajstić information content (AvgIpc) is 2.29. The molecule has 0 aromatic carbocycles. The molecule has 1 aliphatic heterocycles. The molecule has 1 aromatic heterocycles. The molecule has 0 saturated heterocycles. The Morgan fingerprint density at radius 2 is 2.25 bits per heavy atom. The molecule has 2 rings (SSSR count). The van der Waals surface area contributed by atoms with Crippen LogP contribution < -0.4 is 5.32 Å². The van der Waals surface area contributed by atoms with Crippen LogP contribution in [0.15, 0.2) is 6.07 Å². The molecule has 0 radical (unpaired) electrons. The second-order valence-corrected chi connectivity index (χ2v) is 4.00. The van der Waals surface area contributed by atoms with Gasteiger partial charge >= 0.3 is 0 Å². The van der Waals surface area contributed by atoms with Crippen molar-refractivity contribution in [2.45, 2.75) is 13.3 Å². The average molecular weight is 181 g/mol. The molecule has 0 bridgehead atoms. The third-order valence-corrected chi connectivity index (χ3v) is 2.70. The molecule has 0 spiro atoms. The van der Waals surface area contributed by atoms with Crippen molar-refractivity contribution in [2.24, 2.45) is 0 Å². The van der Waals surface area contributed by atoms with E-state index in [0.717, 1.165) is 4.88 Å². The summed E-state index contributed by atoms with van der Waals surface area (Å²) in [5.41, 5.74) is 0.664. The van der Waals surface area contributed by atoms with E-state index in [9.17, 15) is 9.59 Å². The summed E-state index contributed by atoms with van der Waals surface area (Å²) in [6.45, 7) is 1.92. The largest absolute Gasteiger partial charge is 0.317 e. The van der Waals surface area contributed by atoms with Gasteiger partial charge in [-0.05, 0) is 13.0 Å². The van der Waals surface area contributed by atoms with Gasteiger partial charge in [-0.25, -0.2) is 0 Å². The Balaban J connectivity index is 2.53. The highest BCUT2D eigenvalue weighted by Gasteiger charge is 2.24. The lowest BCUT2D eigenvalue weighted by Gasteiger charge is -2.09. The fraction of sp³-hybridized carbons (Fsp3) is 0.250. The Hall–Kier alpha value is -1.16. The minimum absolute atomic E-state index is 0.0107. The monoisotopic (exact) mass is 181 g/mol. The number of nitrogens with one attached hydrogen (secondary N) is 1. The van der Waals surface area contributed by atoms with Gasteiger partial charge in [0.15, 0.2) is 5.78 Å². The van der Waals surface area contributed by atoms with Crippen LogP contribution in [0.4, 0.5) is 5.00 Å². The smallest absolute Gasteiger partial charge is 0.232 e. The molecule has 1 aliphatic rings. The lowest BCUT2D eigenvalue weighted by molar-refractivity contribution is -0.115. The summed E-state index contributed by atoms with van der Waals surface area (Å²) in [6, 6.07) is 1.82. The normalized spacial score (nSPS) is 15.8. The zero-order valence-corrected chi connectivity index (χ0v) is 7.33. The Morgan fingerprint density at radius 3 is 3.00 bits per heavy atom. The van der Waals surface area contributed by atoms with E-state index >= 15 is 0 Å². The Bertz CT molecular complexity index is 367. The van der Waals surface area contributed by atoms with Gasteiger partial charge in [0.1, 0.15) is 5.00 Å². The van der Waals surface area contributed by atoms with Gasteiger partial charge in [-0.15, -0.1) is 11.3 Å². The number of rotatable bonds is 0. The highest BCUT2D eigenvalue weighted by molar-refractivity contribution is 7.16. The Labute approximate surface area is 73.4 Å². The Kier molecular flexibility index (Phi) is 1.51. The molecular formula is C8H7NO2S. The summed E-state index contributed by atoms with van der Waals surface area (Å²) in [6.07, 6.45) is -0.0107. The quantitative estimate of drug-likeness (QED) is 0.618. The van der Waals surface area contributed by atoms with Crippen LogP contribution in [0, 0.1) is 6.92 Å². The van der Waals surface area contributed by atoms with Crippen molar-refractivity contribution in [2.75, 3.05) is 5.32 Å². The maximum Gasteiger partial charge on any atom is 0.232 e. The lowest BCUT2D eigenvalue weighted by Crippen LogP contribution is -2.22. The third kappa shape index (κ3) is 1.04. The number of amides is 1. The summed E-state index contributed by atoms with van der Waals surface area (Å²) in [5.74, 6) is -0.271. The molecule has 62 valence electrons. The van der Waals surface area contributed by atoms with Crippen LogP contribution in [0.3, 0.4) is 0 Å². The van der Waals surface area contributed by atoms with Crippen molar-refractivity contribution in [3.63, 3.8) is 0 Å². The van der Waals surface area contributed by atoms with Crippen LogP contribution in [0.1, 0.15) is 21.7 Å². The second kappa shape index (κ2) is 2.42. The molecule has 1 amide bonds. The van der Waals surface area contributed by atoms with Crippen molar-refractivity contribution >= 4 is 28.0 Å². The van der Waals surface area contributed by atoms with Crippen LogP contribution in [0.5, 0.6) is 0 Å². The fourth-order valence-electron chi connectivity index (χ4n) is 1.23. The highest BCUT2D eigenvalue weighted by atomic mass is 32.1. The summed E-state index contributed by atoms with van der Waals surface area (Å²) in [4.78, 5) is 23.2. The van der Waals surface area contributed by atoms with Crippen LogP contribution in [-0.4, -0.2) is 11.7 Å². The van der Waals surface area contributed by atoms with E-state index in [1.54, 1.807) is 0 Å². The molecule has 1 aromatic rings. The van der Waals surface area contributed by atoms with E-state index in [1.807, 2.05) is 13.0 Å². The van der Waals surface area contributed by atoms with Crippen molar-refractivity contribution in [3.05, 3.63) is 16.5 Å². The first-order valence-electron chi connectivity index (χ1n) is 3.60. The van der Waals surface area contributed by atoms with Crippen LogP contribution in [-0.2, 0) is 4.79 Å². The van der Waals surface area contributed by atoms with Crippen molar-refractivity contribution in [3.8, 4) is 0 Å². The molecule has 4 heteroatoms. The third-order valence-electron chi connectivity index (χ3n) is 1.73. The molecule has 1 N–H and O–H groups in total. The number of hydrogen-bond acceptors (Lipinski definition) is 3. The van der Waals surface area contributed by atoms with Crippen LogP contribution in [0.25, 0.3) is 0 Å². The van der Waals surface area contributed by atoms with E-state index < -0.39 is 0 Å². The molecule has 0 atom stereocenters. The number of hydrogen-bond donors (Lipinski definition) is 1. The molecule has 2 heterocycles. The van der Waals surface area contributed by atoms with E-state index in [-0.39, 0.29) is 18.1 Å². The standard InChI is InChI=1S/C8H7NO2S/c1-4-2-5-6(10)3-7(11)9-8(5)12-4/h2H,3H2,1H3,(H,9,11). The van der Waals surface area contributed by atoms with Crippen molar-refractivity contribution in [1.82, 2.24) is 0 Å². The second-order valence-electron chi connectivity index (χ2n) is 2.75. The minimum Gasteiger partial charge on any atom is -0.317 e. The summed E-state index contributed by atoms with van der Waals surface area (Å²) < 4.78 is 0. The summed E-state index contributed by atoms with van der Waals surface area (Å²) >= 11 is 1.44. The minimum atomic E-state index is -0.200. The number of Topliss-reactive ketones (excluding diaryl/α,β-unsaturated/α-hetero) is 1. The summed E-state index contributed by atoms with van der Waals surface area (Å²) in [5, 5.41) is 3.37. The maximum absolute atomic E-state index is 11.3. The van der Waals surface area contributed by atoms with Gasteiger partial charge in [0, 0.05) is 4.88 Å². The molecule has 0 fully saturated rings. The topological polar surface area (TPSA) is 46.2 Å². The predicted molar refractivity (Wildman–Crippen MR) is 46.6 cm³/mol. The molecule has 0 saturated carbocycles. The zero-order chi connectivity index (χ0) is 8.72. The number of anilines is 1. The molecule has 3 nitrogen and oxygen atoms in total. The van der Waals surface area contributed by atoms with Gasteiger partial charge in [-0.1, -0.05) is 0 Å². The molecule has 12 heavy (non-hydrogen) atoms. The summed E-state index contributed by atoms with van der Waals surface area (Å²) in [7, 11) is 0. The van der Waals surface area contributed by atoms with Gasteiger partial charge in [0.05, 0.1) is 12.0 Å². The van der Waals surface area contributed by atoms with E-state index in [0.29, 0.717) is 10.6 Å². The maximum atomic E-state index is 11.3. The van der Waals surface area contributed by atoms with Gasteiger partial charge in [-0.3, -0.25) is 9.59 Å². The van der Waals surface area contributed by atoms with Gasteiger partial charge in [-0.2, -0.15) is 0 Å². The molecular weight excluding hydrogens is 174 g/mol. The van der Waals surface area contributed by atoms with Gasteiger partial charge in [0.25, 0.3) is 0 Å². The lowest BCUT2D eigenvalue weighted by atomic mass is 10.1. The Morgan fingerprint density at radius 1 is 1.50 bits per heavy atom. The number of thiophene rings is 1. The first kappa shape index (κ1) is 7.49. The number of aryl methyl sites for hydroxylation is 1. The molecule has 0 unspecified atom stereocenters. The first-order chi connectivity index (χ1) is 5.66. The molecule has 0 aliphatic carbocycles.